The molecule has 132 valence electrons. The summed E-state index contributed by atoms with van der Waals surface area (Å²) in [4.78, 5) is 7.72. The number of rotatable bonds is 3. The molecule has 1 atom stereocenters. The van der Waals surface area contributed by atoms with Crippen molar-refractivity contribution in [2.75, 3.05) is 6.61 Å². The summed E-state index contributed by atoms with van der Waals surface area (Å²) in [5.41, 5.74) is 5.22. The molecule has 3 rings (SSSR count). The van der Waals surface area contributed by atoms with Crippen molar-refractivity contribution in [3.8, 4) is 17.2 Å². The summed E-state index contributed by atoms with van der Waals surface area (Å²) in [5.74, 6) is 0.00182. The monoisotopic (exact) mass is 353 g/mol. The summed E-state index contributed by atoms with van der Waals surface area (Å²) < 4.78 is 44.1. The topological polar surface area (TPSA) is 105 Å². The Morgan fingerprint density at radius 1 is 1.20 bits per heavy atom. The Hall–Kier alpha value is -2.65. The van der Waals surface area contributed by atoms with Crippen LogP contribution in [0.3, 0.4) is 0 Å². The third-order valence-corrected chi connectivity index (χ3v) is 3.72. The number of aliphatic hydroxyl groups excluding tert-OH is 1. The van der Waals surface area contributed by atoms with Crippen LogP contribution in [-0.4, -0.2) is 26.8 Å². The molecule has 0 aliphatic heterocycles. The smallest absolute Gasteiger partial charge is 0.433 e. The van der Waals surface area contributed by atoms with Crippen molar-refractivity contribution in [2.24, 2.45) is 5.73 Å². The number of nitrogens with zero attached hydrogens (tertiary/aromatic N) is 2. The second kappa shape index (κ2) is 6.01. The van der Waals surface area contributed by atoms with E-state index in [2.05, 4.69) is 9.97 Å². The lowest BCUT2D eigenvalue weighted by atomic mass is 10.1. The maximum atomic E-state index is 12.8. The van der Waals surface area contributed by atoms with Crippen LogP contribution in [-0.2, 0) is 6.18 Å². The van der Waals surface area contributed by atoms with E-state index in [1.165, 1.54) is 18.2 Å². The lowest BCUT2D eigenvalue weighted by Crippen LogP contribution is -2.14. The van der Waals surface area contributed by atoms with Crippen molar-refractivity contribution in [2.45, 2.75) is 19.1 Å². The number of phenolic OH excluding ortho intramolecular Hbond substituents is 1. The lowest BCUT2D eigenvalue weighted by Gasteiger charge is -2.09. The largest absolute Gasteiger partial charge is 0.506 e. The van der Waals surface area contributed by atoms with E-state index in [0.29, 0.717) is 11.3 Å². The van der Waals surface area contributed by atoms with Gasteiger partial charge in [0, 0.05) is 10.9 Å². The first-order chi connectivity index (χ1) is 11.7. The molecule has 0 aliphatic carbocycles. The molecular weight excluding hydrogens is 339 g/mol. The van der Waals surface area contributed by atoms with Crippen LogP contribution < -0.4 is 5.73 Å². The van der Waals surface area contributed by atoms with Crippen molar-refractivity contribution < 1.29 is 27.8 Å². The van der Waals surface area contributed by atoms with Gasteiger partial charge in [0.15, 0.2) is 0 Å². The van der Waals surface area contributed by atoms with Gasteiger partial charge >= 0.3 is 6.18 Å². The fourth-order valence-corrected chi connectivity index (χ4v) is 2.50. The molecule has 2 aromatic heterocycles. The fraction of sp³-hybridized carbons (Fsp3) is 0.250. The quantitative estimate of drug-likeness (QED) is 0.669. The van der Waals surface area contributed by atoms with Crippen molar-refractivity contribution in [3.05, 3.63) is 41.4 Å². The number of aromatic hydroxyl groups is 1. The number of halogens is 3. The van der Waals surface area contributed by atoms with Gasteiger partial charge in [-0.15, -0.1) is 0 Å². The van der Waals surface area contributed by atoms with Gasteiger partial charge in [-0.3, -0.25) is 0 Å². The first kappa shape index (κ1) is 17.2. The van der Waals surface area contributed by atoms with Gasteiger partial charge in [-0.05, 0) is 31.2 Å². The number of pyridine rings is 1. The molecule has 0 radical (unpaired) electrons. The van der Waals surface area contributed by atoms with Gasteiger partial charge in [-0.2, -0.15) is 13.2 Å². The van der Waals surface area contributed by atoms with E-state index in [4.69, 9.17) is 15.3 Å². The van der Waals surface area contributed by atoms with Crippen LogP contribution >= 0.6 is 0 Å². The molecule has 4 N–H and O–H groups in total. The Morgan fingerprint density at radius 3 is 2.56 bits per heavy atom. The predicted octanol–water partition coefficient (Wildman–Crippen LogP) is 2.91. The third-order valence-electron chi connectivity index (χ3n) is 3.72. The van der Waals surface area contributed by atoms with Crippen LogP contribution in [0.2, 0.25) is 0 Å². The van der Waals surface area contributed by atoms with E-state index in [-0.39, 0.29) is 34.9 Å². The molecule has 0 saturated carbocycles. The number of fused-ring (bicyclic) bond motifs is 1. The number of nitrogens with two attached hydrogens (primary N) is 1. The summed E-state index contributed by atoms with van der Waals surface area (Å²) >= 11 is 0. The maximum Gasteiger partial charge on any atom is 0.433 e. The number of hydrogen-bond donors (Lipinski definition) is 3. The number of oxazole rings is 1. The van der Waals surface area contributed by atoms with Crippen LogP contribution in [0, 0.1) is 6.92 Å². The van der Waals surface area contributed by atoms with Gasteiger partial charge in [-0.1, -0.05) is 0 Å². The number of hydrogen-bond acceptors (Lipinski definition) is 6. The molecule has 9 heteroatoms. The molecule has 0 spiro atoms. The van der Waals surface area contributed by atoms with Gasteiger partial charge in [0.2, 0.25) is 5.89 Å². The standard InChI is InChI=1S/C16H14F3N3O3/c1-7-14(10(20)6-23)25-15(21-7)9-2-4-11(24)13-8(9)3-5-12(22-13)16(17,18)19/h2-5,10,23-24H,6,20H2,1H3/t10-/m0/s1. The van der Waals surface area contributed by atoms with Gasteiger partial charge in [0.05, 0.1) is 18.3 Å². The highest BCUT2D eigenvalue weighted by Crippen LogP contribution is 2.36. The molecule has 3 aromatic rings. The Morgan fingerprint density at radius 2 is 1.92 bits per heavy atom. The van der Waals surface area contributed by atoms with Gasteiger partial charge < -0.3 is 20.4 Å². The minimum absolute atomic E-state index is 0.114. The molecule has 6 nitrogen and oxygen atoms in total. The minimum Gasteiger partial charge on any atom is -0.506 e. The van der Waals surface area contributed by atoms with Crippen LogP contribution in [0.25, 0.3) is 22.4 Å². The number of aryl methyl sites for hydroxylation is 1. The zero-order valence-electron chi connectivity index (χ0n) is 13.0. The lowest BCUT2D eigenvalue weighted by molar-refractivity contribution is -0.140. The first-order valence-electron chi connectivity index (χ1n) is 7.26. The molecule has 0 unspecified atom stereocenters. The van der Waals surface area contributed by atoms with Crippen LogP contribution in [0.1, 0.15) is 23.2 Å². The van der Waals surface area contributed by atoms with Crippen molar-refractivity contribution in [1.82, 2.24) is 9.97 Å². The van der Waals surface area contributed by atoms with E-state index < -0.39 is 17.9 Å². The molecule has 25 heavy (non-hydrogen) atoms. The highest BCUT2D eigenvalue weighted by molar-refractivity contribution is 5.96. The minimum atomic E-state index is -4.63. The zero-order valence-corrected chi connectivity index (χ0v) is 13.0. The number of aliphatic hydroxyl groups is 1. The van der Waals surface area contributed by atoms with Crippen molar-refractivity contribution in [1.29, 1.82) is 0 Å². The molecule has 0 saturated heterocycles. The molecule has 1 aromatic carbocycles. The van der Waals surface area contributed by atoms with E-state index in [0.717, 1.165) is 6.07 Å². The van der Waals surface area contributed by atoms with E-state index >= 15 is 0 Å². The maximum absolute atomic E-state index is 12.8. The summed E-state index contributed by atoms with van der Waals surface area (Å²) in [6.45, 7) is 1.29. The van der Waals surface area contributed by atoms with Crippen LogP contribution in [0.15, 0.2) is 28.7 Å². The third kappa shape index (κ3) is 3.03. The summed E-state index contributed by atoms with van der Waals surface area (Å²) in [5, 5.41) is 19.3. The number of benzene rings is 1. The van der Waals surface area contributed by atoms with Crippen molar-refractivity contribution >= 4 is 10.9 Å². The molecule has 0 fully saturated rings. The zero-order chi connectivity index (χ0) is 18.4. The predicted molar refractivity (Wildman–Crippen MR) is 82.7 cm³/mol. The first-order valence-corrected chi connectivity index (χ1v) is 7.26. The van der Waals surface area contributed by atoms with Gasteiger partial charge in [0.1, 0.15) is 22.7 Å². The van der Waals surface area contributed by atoms with E-state index in [9.17, 15) is 18.3 Å². The molecule has 2 heterocycles. The van der Waals surface area contributed by atoms with Crippen LogP contribution in [0.5, 0.6) is 5.75 Å². The molecule has 0 bridgehead atoms. The molecule has 0 aliphatic rings. The number of alkyl halides is 3. The second-order valence-electron chi connectivity index (χ2n) is 5.48. The average molecular weight is 353 g/mol. The summed E-state index contributed by atoms with van der Waals surface area (Å²) in [6, 6.07) is 3.94. The Labute approximate surface area is 139 Å². The SMILES string of the molecule is Cc1nc(-c2ccc(O)c3nc(C(F)(F)F)ccc23)oc1[C@@H](N)CO. The summed E-state index contributed by atoms with van der Waals surface area (Å²) in [7, 11) is 0. The van der Waals surface area contributed by atoms with E-state index in [1.807, 2.05) is 0 Å². The highest BCUT2D eigenvalue weighted by atomic mass is 19.4. The molecule has 0 amide bonds. The Bertz CT molecular complexity index is 938. The summed E-state index contributed by atoms with van der Waals surface area (Å²) in [6.07, 6.45) is -4.63. The Balaban J connectivity index is 2.20. The molecular formula is C16H14F3N3O3. The highest BCUT2D eigenvalue weighted by Gasteiger charge is 2.33. The number of phenols is 1. The van der Waals surface area contributed by atoms with Crippen molar-refractivity contribution in [3.63, 3.8) is 0 Å². The normalized spacial score (nSPS) is 13.4. The van der Waals surface area contributed by atoms with Gasteiger partial charge in [-0.25, -0.2) is 9.97 Å². The van der Waals surface area contributed by atoms with Gasteiger partial charge in [0.25, 0.3) is 0 Å². The Kier molecular flexibility index (Phi) is 4.13. The average Bonchev–Trinajstić information content (AvgIpc) is 2.95. The fourth-order valence-electron chi connectivity index (χ4n) is 2.50. The van der Waals surface area contributed by atoms with Crippen LogP contribution in [0.4, 0.5) is 13.2 Å². The van der Waals surface area contributed by atoms with E-state index in [1.54, 1.807) is 6.92 Å². The number of aromatic nitrogens is 2. The second-order valence-corrected chi connectivity index (χ2v) is 5.48.